The Kier molecular flexibility index (Phi) is 4.40. The molecule has 0 fully saturated rings. The number of carboxylic acid groups (broad SMARTS) is 1. The average molecular weight is 333 g/mol. The number of thiophene rings is 1. The van der Waals surface area contributed by atoms with Crippen molar-refractivity contribution in [3.8, 4) is 0 Å². The van der Waals surface area contributed by atoms with Gasteiger partial charge in [0, 0.05) is 41.1 Å². The minimum absolute atomic E-state index is 0.205. The Bertz CT molecular complexity index is 829. The Labute approximate surface area is 136 Å². The maximum absolute atomic E-state index is 14.2. The Morgan fingerprint density at radius 1 is 1.43 bits per heavy atom. The summed E-state index contributed by atoms with van der Waals surface area (Å²) in [4.78, 5) is 13.7. The number of carbonyl (C=O) groups is 1. The number of hydrogen-bond acceptors (Lipinski definition) is 4. The average Bonchev–Trinajstić information content (AvgIpc) is 3.13. The molecule has 0 aliphatic carbocycles. The van der Waals surface area contributed by atoms with Crippen LogP contribution >= 0.6 is 11.3 Å². The van der Waals surface area contributed by atoms with Crippen molar-refractivity contribution < 1.29 is 14.3 Å². The van der Waals surface area contributed by atoms with E-state index in [0.29, 0.717) is 35.3 Å². The minimum atomic E-state index is -1.01. The smallest absolute Gasteiger partial charge is 0.346 e. The van der Waals surface area contributed by atoms with Crippen molar-refractivity contribution in [3.63, 3.8) is 0 Å². The van der Waals surface area contributed by atoms with E-state index >= 15 is 0 Å². The summed E-state index contributed by atoms with van der Waals surface area (Å²) in [5.41, 5.74) is 0.540. The van der Waals surface area contributed by atoms with Gasteiger partial charge < -0.3 is 10.0 Å². The van der Waals surface area contributed by atoms with E-state index < -0.39 is 5.97 Å². The molecule has 0 spiro atoms. The van der Waals surface area contributed by atoms with Crippen molar-refractivity contribution >= 4 is 27.4 Å². The lowest BCUT2D eigenvalue weighted by Gasteiger charge is -2.17. The number of aromatic nitrogens is 2. The van der Waals surface area contributed by atoms with Crippen LogP contribution in [0.15, 0.2) is 36.7 Å². The third-order valence-electron chi connectivity index (χ3n) is 3.66. The summed E-state index contributed by atoms with van der Waals surface area (Å²) in [6, 6.07) is 6.58. The molecule has 1 N–H and O–H groups in total. The number of likely N-dealkylation sites (N-methyl/N-ethyl adjacent to an activating group) is 1. The van der Waals surface area contributed by atoms with E-state index in [1.54, 1.807) is 23.0 Å². The Balaban J connectivity index is 1.85. The van der Waals surface area contributed by atoms with Gasteiger partial charge in [-0.1, -0.05) is 6.07 Å². The van der Waals surface area contributed by atoms with Crippen LogP contribution in [0, 0.1) is 5.82 Å². The number of rotatable bonds is 6. The minimum Gasteiger partial charge on any atom is -0.477 e. The van der Waals surface area contributed by atoms with E-state index in [4.69, 9.17) is 0 Å². The molecule has 0 radical (unpaired) electrons. The maximum Gasteiger partial charge on any atom is 0.346 e. The predicted octanol–water partition coefficient (Wildman–Crippen LogP) is 3.07. The van der Waals surface area contributed by atoms with Gasteiger partial charge in [0.2, 0.25) is 0 Å². The first-order valence-corrected chi connectivity index (χ1v) is 7.97. The summed E-state index contributed by atoms with van der Waals surface area (Å²) >= 11 is 1.12. The van der Waals surface area contributed by atoms with Crippen LogP contribution in [0.25, 0.3) is 10.1 Å². The van der Waals surface area contributed by atoms with Crippen molar-refractivity contribution in [2.45, 2.75) is 13.1 Å². The first-order valence-electron chi connectivity index (χ1n) is 7.15. The van der Waals surface area contributed by atoms with Gasteiger partial charge in [0.05, 0.1) is 6.54 Å². The van der Waals surface area contributed by atoms with Crippen LogP contribution in [0.1, 0.15) is 15.2 Å². The highest BCUT2D eigenvalue weighted by Crippen LogP contribution is 2.34. The third-order valence-corrected chi connectivity index (χ3v) is 4.84. The molecule has 0 saturated heterocycles. The van der Waals surface area contributed by atoms with Crippen LogP contribution in [0.3, 0.4) is 0 Å². The fraction of sp³-hybridized carbons (Fsp3) is 0.250. The number of fused-ring (bicyclic) bond motifs is 1. The molecule has 0 aliphatic heterocycles. The van der Waals surface area contributed by atoms with Gasteiger partial charge in [-0.05, 0) is 25.2 Å². The number of halogens is 1. The molecule has 3 rings (SSSR count). The lowest BCUT2D eigenvalue weighted by Crippen LogP contribution is -2.23. The summed E-state index contributed by atoms with van der Waals surface area (Å²) < 4.78 is 16.6. The van der Waals surface area contributed by atoms with Crippen molar-refractivity contribution in [2.75, 3.05) is 13.6 Å². The van der Waals surface area contributed by atoms with Crippen molar-refractivity contribution in [1.82, 2.24) is 14.7 Å². The molecule has 0 saturated carbocycles. The van der Waals surface area contributed by atoms with Crippen LogP contribution in [0.4, 0.5) is 4.39 Å². The van der Waals surface area contributed by atoms with Gasteiger partial charge in [-0.3, -0.25) is 4.68 Å². The van der Waals surface area contributed by atoms with Gasteiger partial charge in [-0.15, -0.1) is 11.3 Å². The first-order chi connectivity index (χ1) is 11.1. The van der Waals surface area contributed by atoms with Crippen LogP contribution in [0.2, 0.25) is 0 Å². The van der Waals surface area contributed by atoms with E-state index in [-0.39, 0.29) is 10.7 Å². The molecule has 23 heavy (non-hydrogen) atoms. The van der Waals surface area contributed by atoms with E-state index in [1.165, 1.54) is 6.07 Å². The second-order valence-electron chi connectivity index (χ2n) is 5.33. The largest absolute Gasteiger partial charge is 0.477 e. The maximum atomic E-state index is 14.2. The zero-order valence-corrected chi connectivity index (χ0v) is 13.4. The summed E-state index contributed by atoms with van der Waals surface area (Å²) in [5, 5.41) is 14.0. The number of nitrogens with zero attached hydrogens (tertiary/aromatic N) is 3. The molecule has 3 aromatic rings. The summed E-state index contributed by atoms with van der Waals surface area (Å²) in [6.45, 7) is 1.76. The predicted molar refractivity (Wildman–Crippen MR) is 87.3 cm³/mol. The fourth-order valence-corrected chi connectivity index (χ4v) is 3.61. The topological polar surface area (TPSA) is 58.4 Å². The van der Waals surface area contributed by atoms with E-state index in [0.717, 1.165) is 11.3 Å². The molecular weight excluding hydrogens is 317 g/mol. The summed E-state index contributed by atoms with van der Waals surface area (Å²) in [6.07, 6.45) is 3.58. The van der Waals surface area contributed by atoms with Crippen molar-refractivity contribution in [3.05, 3.63) is 52.9 Å². The van der Waals surface area contributed by atoms with Gasteiger partial charge in [0.15, 0.2) is 0 Å². The highest BCUT2D eigenvalue weighted by Gasteiger charge is 2.21. The quantitative estimate of drug-likeness (QED) is 0.753. The van der Waals surface area contributed by atoms with Gasteiger partial charge in [0.1, 0.15) is 10.7 Å². The van der Waals surface area contributed by atoms with Gasteiger partial charge in [-0.2, -0.15) is 5.10 Å². The molecule has 1 aromatic carbocycles. The Morgan fingerprint density at radius 3 is 2.96 bits per heavy atom. The van der Waals surface area contributed by atoms with Gasteiger partial charge in [-0.25, -0.2) is 9.18 Å². The second-order valence-corrected chi connectivity index (χ2v) is 6.39. The molecule has 5 nitrogen and oxygen atoms in total. The summed E-state index contributed by atoms with van der Waals surface area (Å²) in [7, 11) is 1.89. The van der Waals surface area contributed by atoms with E-state index in [9.17, 15) is 14.3 Å². The number of hydrogen-bond donors (Lipinski definition) is 1. The molecule has 120 valence electrons. The second kappa shape index (κ2) is 6.47. The number of benzene rings is 1. The summed E-state index contributed by atoms with van der Waals surface area (Å²) in [5.74, 6) is -1.39. The van der Waals surface area contributed by atoms with Crippen LogP contribution in [-0.4, -0.2) is 39.3 Å². The normalized spacial score (nSPS) is 11.4. The van der Waals surface area contributed by atoms with E-state index in [1.807, 2.05) is 24.2 Å². The molecule has 0 atom stereocenters. The lowest BCUT2D eigenvalue weighted by atomic mass is 10.1. The molecule has 0 aliphatic rings. The van der Waals surface area contributed by atoms with E-state index in [2.05, 4.69) is 5.10 Å². The molecule has 2 heterocycles. The Morgan fingerprint density at radius 2 is 2.26 bits per heavy atom. The van der Waals surface area contributed by atoms with Gasteiger partial charge in [0.25, 0.3) is 0 Å². The number of carboxylic acids is 1. The molecule has 2 aromatic heterocycles. The van der Waals surface area contributed by atoms with Gasteiger partial charge >= 0.3 is 5.97 Å². The molecule has 7 heteroatoms. The molecule has 0 bridgehead atoms. The number of aromatic carboxylic acids is 1. The highest BCUT2D eigenvalue weighted by molar-refractivity contribution is 7.21. The van der Waals surface area contributed by atoms with Crippen LogP contribution in [0.5, 0.6) is 0 Å². The van der Waals surface area contributed by atoms with Crippen LogP contribution in [-0.2, 0) is 13.1 Å². The monoisotopic (exact) mass is 333 g/mol. The molecule has 0 amide bonds. The zero-order chi connectivity index (χ0) is 16.4. The van der Waals surface area contributed by atoms with Crippen molar-refractivity contribution in [2.24, 2.45) is 0 Å². The highest BCUT2D eigenvalue weighted by atomic mass is 32.1. The zero-order valence-electron chi connectivity index (χ0n) is 12.6. The first kappa shape index (κ1) is 15.6. The van der Waals surface area contributed by atoms with Crippen molar-refractivity contribution in [1.29, 1.82) is 0 Å². The molecule has 0 unspecified atom stereocenters. The van der Waals surface area contributed by atoms with Crippen LogP contribution < -0.4 is 0 Å². The molecular formula is C16H16FN3O2S. The lowest BCUT2D eigenvalue weighted by molar-refractivity contribution is 0.0700. The Hall–Kier alpha value is -2.25. The third kappa shape index (κ3) is 3.25. The standard InChI is InChI=1S/C16H16FN3O2S/c1-19(8-9-20-7-3-6-18-20)10-11-14-12(17)4-2-5-13(14)23-15(11)16(21)22/h2-7H,8-10H2,1H3,(H,21,22). The fourth-order valence-electron chi connectivity index (χ4n) is 2.55. The SMILES string of the molecule is CN(CCn1cccn1)Cc1c(C(=O)O)sc2cccc(F)c12.